The number of hydrogen-bond donors (Lipinski definition) is 2. The lowest BCUT2D eigenvalue weighted by atomic mass is 9.95. The zero-order valence-electron chi connectivity index (χ0n) is 16.7. The summed E-state index contributed by atoms with van der Waals surface area (Å²) < 4.78 is 1.69. The van der Waals surface area contributed by atoms with Crippen molar-refractivity contribution in [2.75, 3.05) is 5.75 Å². The summed E-state index contributed by atoms with van der Waals surface area (Å²) in [6.07, 6.45) is 7.23. The summed E-state index contributed by atoms with van der Waals surface area (Å²) in [5.74, 6) is 0.204. The predicted molar refractivity (Wildman–Crippen MR) is 115 cm³/mol. The Morgan fingerprint density at radius 1 is 1.28 bits per heavy atom. The van der Waals surface area contributed by atoms with Crippen molar-refractivity contribution in [2.45, 2.75) is 57.1 Å². The molecular formula is C21H25N5O2S. The first-order valence-corrected chi connectivity index (χ1v) is 11.0. The molecule has 0 saturated heterocycles. The predicted octanol–water partition coefficient (Wildman–Crippen LogP) is 3.27. The molecule has 1 aliphatic rings. The Morgan fingerprint density at radius 2 is 2.07 bits per heavy atom. The van der Waals surface area contributed by atoms with Crippen LogP contribution in [-0.4, -0.2) is 37.5 Å². The standard InChI is InChI=1S/C21H25N5O2S/c1-13-7-6-10-17(14(13)2)26-19-16(11-22-26)20(28)25-21(24-19)29-12-18(27)23-15-8-4-3-5-9-15/h6-7,10-11,15H,3-5,8-9,12H2,1-2H3,(H,23,27)(H,24,25,28). The number of aromatic amines is 1. The van der Waals surface area contributed by atoms with Gasteiger partial charge in [0.25, 0.3) is 5.56 Å². The Balaban J connectivity index is 1.55. The van der Waals surface area contributed by atoms with E-state index in [4.69, 9.17) is 0 Å². The van der Waals surface area contributed by atoms with Crippen LogP contribution < -0.4 is 10.9 Å². The maximum absolute atomic E-state index is 12.5. The number of amides is 1. The van der Waals surface area contributed by atoms with E-state index in [1.54, 1.807) is 4.68 Å². The topological polar surface area (TPSA) is 92.7 Å². The van der Waals surface area contributed by atoms with Crippen LogP contribution in [0.3, 0.4) is 0 Å². The summed E-state index contributed by atoms with van der Waals surface area (Å²) >= 11 is 1.24. The SMILES string of the molecule is Cc1cccc(-n2ncc3c(=O)[nH]c(SCC(=O)NC4CCCCC4)nc32)c1C. The van der Waals surface area contributed by atoms with Gasteiger partial charge >= 0.3 is 0 Å². The van der Waals surface area contributed by atoms with Gasteiger partial charge in [-0.15, -0.1) is 0 Å². The minimum absolute atomic E-state index is 0.0207. The highest BCUT2D eigenvalue weighted by atomic mass is 32.2. The van der Waals surface area contributed by atoms with Crippen molar-refractivity contribution in [3.05, 3.63) is 45.9 Å². The summed E-state index contributed by atoms with van der Waals surface area (Å²) in [6.45, 7) is 4.06. The Bertz CT molecular complexity index is 1100. The molecule has 1 aliphatic carbocycles. The van der Waals surface area contributed by atoms with Gasteiger partial charge in [0.15, 0.2) is 10.8 Å². The number of rotatable bonds is 5. The van der Waals surface area contributed by atoms with Gasteiger partial charge in [0.2, 0.25) is 5.91 Å². The quantitative estimate of drug-likeness (QED) is 0.497. The van der Waals surface area contributed by atoms with E-state index in [0.29, 0.717) is 16.2 Å². The first-order chi connectivity index (χ1) is 14.0. The summed E-state index contributed by atoms with van der Waals surface area (Å²) in [5, 5.41) is 8.33. The van der Waals surface area contributed by atoms with Gasteiger partial charge in [-0.2, -0.15) is 5.10 Å². The van der Waals surface area contributed by atoms with E-state index in [1.807, 2.05) is 32.0 Å². The van der Waals surface area contributed by atoms with E-state index in [9.17, 15) is 9.59 Å². The first kappa shape index (κ1) is 19.7. The second-order valence-corrected chi connectivity index (χ2v) is 8.54. The Morgan fingerprint density at radius 3 is 2.86 bits per heavy atom. The fourth-order valence-electron chi connectivity index (χ4n) is 3.76. The van der Waals surface area contributed by atoms with Crippen LogP contribution in [0.1, 0.15) is 43.2 Å². The molecule has 1 fully saturated rings. The van der Waals surface area contributed by atoms with Gasteiger partial charge < -0.3 is 10.3 Å². The number of carbonyl (C=O) groups is 1. The molecule has 0 spiro atoms. The third-order valence-electron chi connectivity index (χ3n) is 5.53. The number of thioether (sulfide) groups is 1. The summed E-state index contributed by atoms with van der Waals surface area (Å²) in [7, 11) is 0. The van der Waals surface area contributed by atoms with Crippen molar-refractivity contribution in [1.82, 2.24) is 25.1 Å². The smallest absolute Gasteiger partial charge is 0.262 e. The molecule has 29 heavy (non-hydrogen) atoms. The molecule has 1 saturated carbocycles. The molecule has 7 nitrogen and oxygen atoms in total. The fraction of sp³-hybridized carbons (Fsp3) is 0.429. The minimum Gasteiger partial charge on any atom is -0.353 e. The average Bonchev–Trinajstić information content (AvgIpc) is 3.14. The molecule has 0 unspecified atom stereocenters. The summed E-state index contributed by atoms with van der Waals surface area (Å²) in [6, 6.07) is 6.24. The van der Waals surface area contributed by atoms with Crippen LogP contribution in [0.25, 0.3) is 16.7 Å². The molecule has 152 valence electrons. The molecule has 1 amide bonds. The zero-order valence-corrected chi connectivity index (χ0v) is 17.5. The molecule has 2 aromatic heterocycles. The van der Waals surface area contributed by atoms with Crippen LogP contribution >= 0.6 is 11.8 Å². The van der Waals surface area contributed by atoms with Crippen LogP contribution in [0, 0.1) is 13.8 Å². The lowest BCUT2D eigenvalue weighted by Gasteiger charge is -2.22. The van der Waals surface area contributed by atoms with Crippen LogP contribution in [-0.2, 0) is 4.79 Å². The largest absolute Gasteiger partial charge is 0.353 e. The molecule has 0 atom stereocenters. The molecule has 2 N–H and O–H groups in total. The third-order valence-corrected chi connectivity index (χ3v) is 6.40. The molecule has 0 bridgehead atoms. The van der Waals surface area contributed by atoms with Crippen LogP contribution in [0.5, 0.6) is 0 Å². The van der Waals surface area contributed by atoms with Crippen molar-refractivity contribution in [1.29, 1.82) is 0 Å². The zero-order chi connectivity index (χ0) is 20.4. The number of aryl methyl sites for hydroxylation is 1. The maximum atomic E-state index is 12.5. The van der Waals surface area contributed by atoms with Gasteiger partial charge in [0.1, 0.15) is 5.39 Å². The van der Waals surface area contributed by atoms with Gasteiger partial charge in [0, 0.05) is 6.04 Å². The van der Waals surface area contributed by atoms with E-state index in [1.165, 1.54) is 37.2 Å². The molecule has 1 aromatic carbocycles. The summed E-state index contributed by atoms with van der Waals surface area (Å²) in [4.78, 5) is 32.1. The van der Waals surface area contributed by atoms with Crippen molar-refractivity contribution in [2.24, 2.45) is 0 Å². The lowest BCUT2D eigenvalue weighted by Crippen LogP contribution is -2.37. The number of fused-ring (bicyclic) bond motifs is 1. The van der Waals surface area contributed by atoms with Crippen LogP contribution in [0.2, 0.25) is 0 Å². The second kappa shape index (κ2) is 8.41. The molecule has 2 heterocycles. The first-order valence-electron chi connectivity index (χ1n) is 10.00. The maximum Gasteiger partial charge on any atom is 0.262 e. The van der Waals surface area contributed by atoms with Crippen molar-refractivity contribution in [3.63, 3.8) is 0 Å². The van der Waals surface area contributed by atoms with Gasteiger partial charge in [-0.25, -0.2) is 9.67 Å². The molecule has 0 radical (unpaired) electrons. The van der Waals surface area contributed by atoms with E-state index < -0.39 is 0 Å². The fourth-order valence-corrected chi connectivity index (χ4v) is 4.43. The number of hydrogen-bond acceptors (Lipinski definition) is 5. The van der Waals surface area contributed by atoms with Crippen LogP contribution in [0.15, 0.2) is 34.3 Å². The van der Waals surface area contributed by atoms with Crippen molar-refractivity contribution >= 4 is 28.7 Å². The monoisotopic (exact) mass is 411 g/mol. The van der Waals surface area contributed by atoms with E-state index in [2.05, 4.69) is 20.4 Å². The number of carbonyl (C=O) groups excluding carboxylic acids is 1. The molecular weight excluding hydrogens is 386 g/mol. The molecule has 3 aromatic rings. The van der Waals surface area contributed by atoms with Gasteiger partial charge in [-0.1, -0.05) is 43.2 Å². The highest BCUT2D eigenvalue weighted by Gasteiger charge is 2.17. The van der Waals surface area contributed by atoms with Crippen molar-refractivity contribution in [3.8, 4) is 5.69 Å². The number of H-pyrrole nitrogens is 1. The number of benzene rings is 1. The Kier molecular flexibility index (Phi) is 5.71. The average molecular weight is 412 g/mol. The third kappa shape index (κ3) is 4.22. The molecule has 8 heteroatoms. The van der Waals surface area contributed by atoms with E-state index >= 15 is 0 Å². The Labute approximate surface area is 173 Å². The van der Waals surface area contributed by atoms with Gasteiger partial charge in [-0.05, 0) is 43.9 Å². The minimum atomic E-state index is -0.248. The number of nitrogens with one attached hydrogen (secondary N) is 2. The lowest BCUT2D eigenvalue weighted by molar-refractivity contribution is -0.119. The summed E-state index contributed by atoms with van der Waals surface area (Å²) in [5.41, 5.74) is 3.37. The highest BCUT2D eigenvalue weighted by Crippen LogP contribution is 2.22. The van der Waals surface area contributed by atoms with Crippen molar-refractivity contribution < 1.29 is 4.79 Å². The van der Waals surface area contributed by atoms with Gasteiger partial charge in [-0.3, -0.25) is 9.59 Å². The number of nitrogens with zero attached hydrogens (tertiary/aromatic N) is 3. The van der Waals surface area contributed by atoms with E-state index in [-0.39, 0.29) is 23.3 Å². The van der Waals surface area contributed by atoms with Gasteiger partial charge in [0.05, 0.1) is 17.6 Å². The van der Waals surface area contributed by atoms with Crippen LogP contribution in [0.4, 0.5) is 0 Å². The van der Waals surface area contributed by atoms with E-state index in [0.717, 1.165) is 29.7 Å². The highest BCUT2D eigenvalue weighted by molar-refractivity contribution is 7.99. The Hall–Kier alpha value is -2.61. The second-order valence-electron chi connectivity index (χ2n) is 7.57. The number of aromatic nitrogens is 4. The normalized spacial score (nSPS) is 15.0. The molecule has 4 rings (SSSR count). The molecule has 0 aliphatic heterocycles.